The molecule has 2 aromatic carbocycles. The zero-order valence-electron chi connectivity index (χ0n) is 17.6. The maximum Gasteiger partial charge on any atom is 0.337 e. The second-order valence-electron chi connectivity index (χ2n) is 7.50. The van der Waals surface area contributed by atoms with Gasteiger partial charge in [-0.05, 0) is 49.7 Å². The number of phenols is 1. The zero-order valence-corrected chi connectivity index (χ0v) is 17.6. The molecule has 0 fully saturated rings. The van der Waals surface area contributed by atoms with E-state index in [-0.39, 0.29) is 11.8 Å². The van der Waals surface area contributed by atoms with Gasteiger partial charge in [0.2, 0.25) is 0 Å². The summed E-state index contributed by atoms with van der Waals surface area (Å²) in [4.78, 5) is 19.6. The number of phenolic OH excluding ortho intramolecular Hbond substituents is 1. The summed E-state index contributed by atoms with van der Waals surface area (Å²) in [5.41, 5.74) is 4.52. The van der Waals surface area contributed by atoms with Crippen LogP contribution in [0.15, 0.2) is 66.9 Å². The normalized spacial score (nSPS) is 11.8. The Morgan fingerprint density at radius 3 is 2.52 bits per heavy atom. The van der Waals surface area contributed by atoms with E-state index in [1.165, 1.54) is 7.11 Å². The van der Waals surface area contributed by atoms with Crippen LogP contribution in [0.3, 0.4) is 0 Å². The van der Waals surface area contributed by atoms with E-state index in [9.17, 15) is 9.90 Å². The number of aromatic nitrogens is 2. The summed E-state index contributed by atoms with van der Waals surface area (Å²) < 4.78 is 4.80. The van der Waals surface area contributed by atoms with Gasteiger partial charge in [-0.1, -0.05) is 24.3 Å². The Bertz CT molecular complexity index is 1250. The number of methoxy groups -OCH3 is 1. The number of anilines is 1. The van der Waals surface area contributed by atoms with Crippen LogP contribution in [-0.4, -0.2) is 23.2 Å². The molecule has 3 N–H and O–H groups in total. The van der Waals surface area contributed by atoms with Crippen molar-refractivity contribution in [1.29, 1.82) is 0 Å². The minimum atomic E-state index is -0.392. The lowest BCUT2D eigenvalue weighted by Gasteiger charge is -2.18. The summed E-state index contributed by atoms with van der Waals surface area (Å²) in [6.07, 6.45) is 1.86. The lowest BCUT2D eigenvalue weighted by atomic mass is 9.95. The molecule has 0 aliphatic rings. The van der Waals surface area contributed by atoms with Crippen molar-refractivity contribution in [2.24, 2.45) is 0 Å². The number of rotatable bonds is 5. The van der Waals surface area contributed by atoms with E-state index in [4.69, 9.17) is 4.74 Å². The molecule has 156 valence electrons. The fourth-order valence-corrected chi connectivity index (χ4v) is 3.61. The maximum atomic E-state index is 11.8. The number of ether oxygens (including phenoxy) is 1. The van der Waals surface area contributed by atoms with Gasteiger partial charge in [0, 0.05) is 28.3 Å². The van der Waals surface area contributed by atoms with E-state index in [1.807, 2.05) is 68.6 Å². The third-order valence-corrected chi connectivity index (χ3v) is 5.24. The Hall–Kier alpha value is -3.93. The average molecular weight is 414 g/mol. The number of aromatic hydroxyl groups is 1. The van der Waals surface area contributed by atoms with Crippen LogP contribution in [-0.2, 0) is 4.74 Å². The average Bonchev–Trinajstić information content (AvgIpc) is 2.78. The van der Waals surface area contributed by atoms with Gasteiger partial charge in [0.1, 0.15) is 17.3 Å². The third kappa shape index (κ3) is 4.19. The molecule has 31 heavy (non-hydrogen) atoms. The van der Waals surface area contributed by atoms with Gasteiger partial charge in [0.25, 0.3) is 5.82 Å². The minimum Gasteiger partial charge on any atom is -0.505 e. The molecule has 6 nitrogen and oxygen atoms in total. The summed E-state index contributed by atoms with van der Waals surface area (Å²) in [7, 11) is 1.36. The maximum absolute atomic E-state index is 11.8. The predicted octanol–water partition coefficient (Wildman–Crippen LogP) is 4.36. The molecular weight excluding hydrogens is 390 g/mol. The van der Waals surface area contributed by atoms with Gasteiger partial charge in [0.15, 0.2) is 0 Å². The lowest BCUT2D eigenvalue weighted by Crippen LogP contribution is -2.19. The number of esters is 1. The molecule has 0 saturated carbocycles. The largest absolute Gasteiger partial charge is 0.505 e. The summed E-state index contributed by atoms with van der Waals surface area (Å²) in [5, 5.41) is 15.5. The van der Waals surface area contributed by atoms with Crippen molar-refractivity contribution in [3.8, 4) is 5.75 Å². The summed E-state index contributed by atoms with van der Waals surface area (Å²) in [6, 6.07) is 18.5. The molecule has 0 unspecified atom stereocenters. The predicted molar refractivity (Wildman–Crippen MR) is 119 cm³/mol. The molecule has 2 heterocycles. The van der Waals surface area contributed by atoms with Crippen molar-refractivity contribution < 1.29 is 19.6 Å². The van der Waals surface area contributed by atoms with E-state index in [2.05, 4.69) is 15.3 Å². The number of carbonyl (C=O) groups is 1. The molecule has 0 radical (unpaired) electrons. The zero-order chi connectivity index (χ0) is 22.0. The molecule has 4 rings (SSSR count). The Morgan fingerprint density at radius 2 is 1.81 bits per heavy atom. The Morgan fingerprint density at radius 1 is 1.06 bits per heavy atom. The van der Waals surface area contributed by atoms with Crippen LogP contribution in [0.1, 0.15) is 38.8 Å². The van der Waals surface area contributed by atoms with Crippen LogP contribution < -0.4 is 10.3 Å². The van der Waals surface area contributed by atoms with Crippen LogP contribution in [0, 0.1) is 13.8 Å². The van der Waals surface area contributed by atoms with Crippen molar-refractivity contribution in [2.45, 2.75) is 19.9 Å². The van der Waals surface area contributed by atoms with Gasteiger partial charge in [-0.15, -0.1) is 0 Å². The number of aryl methyl sites for hydroxylation is 2. The molecule has 2 aromatic heterocycles. The standard InChI is InChI=1S/C25H23N3O3/c1-15-12-13-26-21(14-15)28-22(17-6-8-19(9-7-17)25(30)31-3)20-11-10-18-5-4-16(2)27-23(18)24(20)29/h4-14,22,29H,1-3H3,(H,26,28)/p+1/t22-/m1/s1. The SMILES string of the molecule is COC(=O)c1ccc([C@@H](Nc2cc(C)cc[nH+]2)c2ccc3ccc(C)nc3c2O)cc1. The number of carbonyl (C=O) groups excluding carboxylic acids is 1. The number of nitrogens with one attached hydrogen (secondary N) is 2. The van der Waals surface area contributed by atoms with Crippen molar-refractivity contribution in [3.05, 3.63) is 94.8 Å². The van der Waals surface area contributed by atoms with Crippen LogP contribution in [0.2, 0.25) is 0 Å². The van der Waals surface area contributed by atoms with E-state index in [0.717, 1.165) is 28.0 Å². The molecule has 6 heteroatoms. The fraction of sp³-hybridized carbons (Fsp3) is 0.160. The first-order valence-electron chi connectivity index (χ1n) is 9.98. The number of nitrogens with zero attached hydrogens (tertiary/aromatic N) is 1. The van der Waals surface area contributed by atoms with Crippen LogP contribution >= 0.6 is 0 Å². The summed E-state index contributed by atoms with van der Waals surface area (Å²) in [6.45, 7) is 3.91. The minimum absolute atomic E-state index is 0.128. The highest BCUT2D eigenvalue weighted by atomic mass is 16.5. The van der Waals surface area contributed by atoms with E-state index in [1.54, 1.807) is 12.1 Å². The number of aromatic amines is 1. The van der Waals surface area contributed by atoms with E-state index < -0.39 is 5.97 Å². The van der Waals surface area contributed by atoms with Crippen molar-refractivity contribution >= 4 is 22.7 Å². The van der Waals surface area contributed by atoms with Crippen molar-refractivity contribution in [1.82, 2.24) is 4.98 Å². The first kappa shape index (κ1) is 20.3. The highest BCUT2D eigenvalue weighted by molar-refractivity contribution is 5.89. The number of hydrogen-bond acceptors (Lipinski definition) is 5. The monoisotopic (exact) mass is 414 g/mol. The molecule has 0 spiro atoms. The molecular formula is C25H24N3O3+. The first-order chi connectivity index (χ1) is 15.0. The van der Waals surface area contributed by atoms with Gasteiger partial charge in [0.05, 0.1) is 18.9 Å². The van der Waals surface area contributed by atoms with Gasteiger partial charge in [-0.3, -0.25) is 5.32 Å². The molecule has 0 aliphatic carbocycles. The Kier molecular flexibility index (Phi) is 5.54. The van der Waals surface area contributed by atoms with E-state index >= 15 is 0 Å². The fourth-order valence-electron chi connectivity index (χ4n) is 3.61. The summed E-state index contributed by atoms with van der Waals surface area (Å²) in [5.74, 6) is 0.540. The highest BCUT2D eigenvalue weighted by Gasteiger charge is 2.25. The molecule has 0 aliphatic heterocycles. The van der Waals surface area contributed by atoms with Crippen LogP contribution in [0.4, 0.5) is 5.82 Å². The first-order valence-corrected chi connectivity index (χ1v) is 9.98. The summed E-state index contributed by atoms with van der Waals surface area (Å²) >= 11 is 0. The molecule has 4 aromatic rings. The second kappa shape index (κ2) is 8.44. The Labute approximate surface area is 180 Å². The number of hydrogen-bond donors (Lipinski definition) is 2. The van der Waals surface area contributed by atoms with E-state index in [0.29, 0.717) is 16.6 Å². The van der Waals surface area contributed by atoms with Gasteiger partial charge in [-0.25, -0.2) is 14.8 Å². The van der Waals surface area contributed by atoms with Crippen molar-refractivity contribution in [3.63, 3.8) is 0 Å². The molecule has 0 saturated heterocycles. The molecule has 0 bridgehead atoms. The Balaban J connectivity index is 1.83. The third-order valence-electron chi connectivity index (χ3n) is 5.24. The smallest absolute Gasteiger partial charge is 0.337 e. The lowest BCUT2D eigenvalue weighted by molar-refractivity contribution is -0.361. The van der Waals surface area contributed by atoms with Crippen LogP contribution in [0.25, 0.3) is 10.9 Å². The topological polar surface area (TPSA) is 85.6 Å². The van der Waals surface area contributed by atoms with Gasteiger partial charge < -0.3 is 9.84 Å². The van der Waals surface area contributed by atoms with Crippen molar-refractivity contribution in [2.75, 3.05) is 12.4 Å². The number of H-pyrrole nitrogens is 1. The number of benzene rings is 2. The van der Waals surface area contributed by atoms with Gasteiger partial charge >= 0.3 is 5.97 Å². The van der Waals surface area contributed by atoms with Crippen LogP contribution in [0.5, 0.6) is 5.75 Å². The molecule has 0 amide bonds. The quantitative estimate of drug-likeness (QED) is 0.474. The second-order valence-corrected chi connectivity index (χ2v) is 7.50. The number of pyridine rings is 2. The van der Waals surface area contributed by atoms with Gasteiger partial charge in [-0.2, -0.15) is 0 Å². The number of fused-ring (bicyclic) bond motifs is 1. The molecule has 1 atom stereocenters. The highest BCUT2D eigenvalue weighted by Crippen LogP contribution is 2.36.